The smallest absolute Gasteiger partial charge is 0.295 e. The van der Waals surface area contributed by atoms with Crippen LogP contribution in [-0.2, 0) is 14.1 Å². The number of nitrogens with zero attached hydrogens (tertiary/aromatic N) is 2. The minimum absolute atomic E-state index is 0.0323. The lowest BCUT2D eigenvalue weighted by molar-refractivity contribution is 0.0988. The highest BCUT2D eigenvalue weighted by Gasteiger charge is 2.15. The van der Waals surface area contributed by atoms with E-state index in [-0.39, 0.29) is 23.8 Å². The molecule has 4 nitrogen and oxygen atoms in total. The SMILES string of the molecule is Cn1c(=O)n(C)c2cc(C(=O)CCCl)c(Br)cc21. The Kier molecular flexibility index (Phi) is 3.64. The number of imidazole rings is 1. The van der Waals surface area contributed by atoms with Gasteiger partial charge in [-0.1, -0.05) is 0 Å². The summed E-state index contributed by atoms with van der Waals surface area (Å²) in [6, 6.07) is 3.52. The van der Waals surface area contributed by atoms with Crippen LogP contribution in [0.2, 0.25) is 0 Å². The third kappa shape index (κ3) is 2.01. The normalized spacial score (nSPS) is 11.1. The zero-order chi connectivity index (χ0) is 13.4. The van der Waals surface area contributed by atoms with Gasteiger partial charge in [-0.2, -0.15) is 0 Å². The van der Waals surface area contributed by atoms with Crippen molar-refractivity contribution in [1.29, 1.82) is 0 Å². The lowest BCUT2D eigenvalue weighted by Gasteiger charge is -2.04. The van der Waals surface area contributed by atoms with Gasteiger partial charge < -0.3 is 0 Å². The molecule has 6 heteroatoms. The van der Waals surface area contributed by atoms with E-state index in [4.69, 9.17) is 11.6 Å². The average molecular weight is 332 g/mol. The molecule has 0 unspecified atom stereocenters. The largest absolute Gasteiger partial charge is 0.328 e. The maximum atomic E-state index is 11.9. The van der Waals surface area contributed by atoms with Gasteiger partial charge in [0.2, 0.25) is 0 Å². The van der Waals surface area contributed by atoms with Gasteiger partial charge in [0.15, 0.2) is 5.78 Å². The minimum Gasteiger partial charge on any atom is -0.295 e. The monoisotopic (exact) mass is 330 g/mol. The van der Waals surface area contributed by atoms with Gasteiger partial charge >= 0.3 is 5.69 Å². The highest BCUT2D eigenvalue weighted by Crippen LogP contribution is 2.24. The van der Waals surface area contributed by atoms with Crippen molar-refractivity contribution in [2.75, 3.05) is 5.88 Å². The molecule has 18 heavy (non-hydrogen) atoms. The molecule has 0 bridgehead atoms. The molecule has 0 saturated heterocycles. The van der Waals surface area contributed by atoms with Crippen LogP contribution in [0, 0.1) is 0 Å². The third-order valence-electron chi connectivity index (χ3n) is 2.98. The van der Waals surface area contributed by atoms with E-state index >= 15 is 0 Å². The van der Waals surface area contributed by atoms with Gasteiger partial charge in [0.25, 0.3) is 0 Å². The molecule has 1 aromatic carbocycles. The Balaban J connectivity index is 2.73. The number of hydrogen-bond acceptors (Lipinski definition) is 2. The van der Waals surface area contributed by atoms with Crippen LogP contribution in [0.4, 0.5) is 0 Å². The second kappa shape index (κ2) is 4.90. The molecule has 1 heterocycles. The average Bonchev–Trinajstić information content (AvgIpc) is 2.54. The lowest BCUT2D eigenvalue weighted by Crippen LogP contribution is -2.19. The van der Waals surface area contributed by atoms with Crippen LogP contribution in [0.1, 0.15) is 16.8 Å². The Bertz CT molecular complexity index is 687. The Morgan fingerprint density at radius 1 is 1.28 bits per heavy atom. The molecule has 0 saturated carbocycles. The number of carbonyl (C=O) groups excluding carboxylic acids is 1. The molecular weight excluding hydrogens is 320 g/mol. The second-order valence-corrected chi connectivity index (χ2v) is 5.32. The number of halogens is 2. The summed E-state index contributed by atoms with van der Waals surface area (Å²) >= 11 is 8.95. The van der Waals surface area contributed by atoms with E-state index in [9.17, 15) is 9.59 Å². The number of aromatic nitrogens is 2. The van der Waals surface area contributed by atoms with Gasteiger partial charge in [-0.05, 0) is 28.1 Å². The zero-order valence-electron chi connectivity index (χ0n) is 10.0. The molecule has 0 N–H and O–H groups in total. The summed E-state index contributed by atoms with van der Waals surface area (Å²) in [6.07, 6.45) is 0.284. The fourth-order valence-electron chi connectivity index (χ4n) is 1.95. The third-order valence-corrected chi connectivity index (χ3v) is 3.83. The van der Waals surface area contributed by atoms with E-state index in [1.54, 1.807) is 30.8 Å². The topological polar surface area (TPSA) is 44.0 Å². The van der Waals surface area contributed by atoms with Crippen molar-refractivity contribution in [3.8, 4) is 0 Å². The molecule has 0 aliphatic heterocycles. The maximum Gasteiger partial charge on any atom is 0.328 e. The number of aryl methyl sites for hydroxylation is 2. The molecule has 0 aliphatic carbocycles. The Morgan fingerprint density at radius 2 is 1.83 bits per heavy atom. The molecule has 0 amide bonds. The predicted octanol–water partition coefficient (Wildman–Crippen LogP) is 2.45. The number of Topliss-reactive ketones (excluding diaryl/α,β-unsaturated/α-hetero) is 1. The molecule has 0 atom stereocenters. The minimum atomic E-state index is -0.112. The summed E-state index contributed by atoms with van der Waals surface area (Å²) in [5.41, 5.74) is 1.98. The van der Waals surface area contributed by atoms with E-state index in [0.29, 0.717) is 10.0 Å². The van der Waals surface area contributed by atoms with Crippen LogP contribution in [0.25, 0.3) is 11.0 Å². The van der Waals surface area contributed by atoms with E-state index < -0.39 is 0 Å². The molecule has 1 aromatic heterocycles. The summed E-state index contributed by atoms with van der Waals surface area (Å²) in [4.78, 5) is 23.7. The van der Waals surface area contributed by atoms with Crippen LogP contribution in [0.15, 0.2) is 21.4 Å². The summed E-state index contributed by atoms with van der Waals surface area (Å²) in [7, 11) is 3.39. The number of fused-ring (bicyclic) bond motifs is 1. The van der Waals surface area contributed by atoms with E-state index in [1.807, 2.05) is 0 Å². The number of rotatable bonds is 3. The van der Waals surface area contributed by atoms with Gasteiger partial charge in [-0.15, -0.1) is 11.6 Å². The van der Waals surface area contributed by atoms with Gasteiger partial charge in [0.1, 0.15) is 0 Å². The molecule has 0 spiro atoms. The first-order chi connectivity index (χ1) is 8.47. The van der Waals surface area contributed by atoms with Crippen molar-refractivity contribution in [2.45, 2.75) is 6.42 Å². The summed E-state index contributed by atoms with van der Waals surface area (Å²) in [5.74, 6) is 0.256. The number of alkyl halides is 1. The quantitative estimate of drug-likeness (QED) is 0.640. The van der Waals surface area contributed by atoms with E-state index in [1.165, 1.54) is 4.57 Å². The first kappa shape index (κ1) is 13.4. The zero-order valence-corrected chi connectivity index (χ0v) is 12.4. The Hall–Kier alpha value is -1.07. The summed E-state index contributed by atoms with van der Waals surface area (Å²) < 4.78 is 3.76. The van der Waals surface area contributed by atoms with Crippen LogP contribution in [-0.4, -0.2) is 20.8 Å². The van der Waals surface area contributed by atoms with Crippen molar-refractivity contribution in [1.82, 2.24) is 9.13 Å². The number of benzene rings is 1. The van der Waals surface area contributed by atoms with Gasteiger partial charge in [0.05, 0.1) is 11.0 Å². The first-order valence-corrected chi connectivity index (χ1v) is 6.74. The van der Waals surface area contributed by atoms with Crippen molar-refractivity contribution >= 4 is 44.3 Å². The van der Waals surface area contributed by atoms with E-state index in [2.05, 4.69) is 15.9 Å². The van der Waals surface area contributed by atoms with Crippen LogP contribution in [0.5, 0.6) is 0 Å². The Morgan fingerprint density at radius 3 is 2.39 bits per heavy atom. The molecular formula is C12H12BrClN2O2. The molecule has 96 valence electrons. The van der Waals surface area contributed by atoms with Crippen molar-refractivity contribution in [3.05, 3.63) is 32.7 Å². The van der Waals surface area contributed by atoms with Crippen molar-refractivity contribution in [3.63, 3.8) is 0 Å². The van der Waals surface area contributed by atoms with Crippen LogP contribution < -0.4 is 5.69 Å². The number of carbonyl (C=O) groups is 1. The van der Waals surface area contributed by atoms with Crippen LogP contribution in [0.3, 0.4) is 0 Å². The van der Waals surface area contributed by atoms with Gasteiger partial charge in [-0.25, -0.2) is 4.79 Å². The standard InChI is InChI=1S/C12H12BrClN2O2/c1-15-9-5-7(11(17)3-4-14)8(13)6-10(9)16(2)12(15)18/h5-6H,3-4H2,1-2H3. The summed E-state index contributed by atoms with van der Waals surface area (Å²) in [6.45, 7) is 0. The van der Waals surface area contributed by atoms with Gasteiger partial charge in [0, 0.05) is 36.4 Å². The lowest BCUT2D eigenvalue weighted by atomic mass is 10.1. The highest BCUT2D eigenvalue weighted by atomic mass is 79.9. The van der Waals surface area contributed by atoms with Gasteiger partial charge in [-0.3, -0.25) is 13.9 Å². The molecule has 0 fully saturated rings. The number of ketones is 1. The predicted molar refractivity (Wildman–Crippen MR) is 75.5 cm³/mol. The van der Waals surface area contributed by atoms with Crippen LogP contribution >= 0.6 is 27.5 Å². The first-order valence-electron chi connectivity index (χ1n) is 5.41. The highest BCUT2D eigenvalue weighted by molar-refractivity contribution is 9.10. The fraction of sp³-hybridized carbons (Fsp3) is 0.333. The molecule has 2 rings (SSSR count). The molecule has 2 aromatic rings. The van der Waals surface area contributed by atoms with Crippen molar-refractivity contribution in [2.24, 2.45) is 14.1 Å². The Labute approximate surface area is 117 Å². The second-order valence-electron chi connectivity index (χ2n) is 4.08. The molecule has 0 aliphatic rings. The summed E-state index contributed by atoms with van der Waals surface area (Å²) in [5, 5.41) is 0. The van der Waals surface area contributed by atoms with E-state index in [0.717, 1.165) is 11.0 Å². The number of hydrogen-bond donors (Lipinski definition) is 0. The maximum absolute atomic E-state index is 11.9. The van der Waals surface area contributed by atoms with Crippen molar-refractivity contribution < 1.29 is 4.79 Å². The fourth-order valence-corrected chi connectivity index (χ4v) is 2.68. The molecule has 0 radical (unpaired) electrons.